The molecule has 6 nitrogen and oxygen atoms in total. The summed E-state index contributed by atoms with van der Waals surface area (Å²) in [5.74, 6) is -0.217. The molecule has 128 valence electrons. The molecule has 2 saturated heterocycles. The Morgan fingerprint density at radius 1 is 1.12 bits per heavy atom. The van der Waals surface area contributed by atoms with Crippen LogP contribution in [0.5, 0.6) is 0 Å². The molecule has 4 amide bonds. The van der Waals surface area contributed by atoms with Crippen LogP contribution in [0.4, 0.5) is 4.79 Å². The van der Waals surface area contributed by atoms with Crippen LogP contribution < -0.4 is 10.6 Å². The van der Waals surface area contributed by atoms with Crippen LogP contribution in [0.25, 0.3) is 0 Å². The van der Waals surface area contributed by atoms with Gasteiger partial charge < -0.3 is 10.6 Å². The summed E-state index contributed by atoms with van der Waals surface area (Å²) in [6.45, 7) is 2.06. The molecule has 0 aromatic heterocycles. The second-order valence-corrected chi connectivity index (χ2v) is 6.41. The number of nitrogens with zero attached hydrogens (tertiary/aromatic N) is 1. The van der Waals surface area contributed by atoms with E-state index < -0.39 is 6.04 Å². The van der Waals surface area contributed by atoms with E-state index in [2.05, 4.69) is 17.6 Å². The maximum Gasteiger partial charge on any atom is 0.325 e. The number of piperidine rings is 1. The molecular weight excluding hydrogens is 306 g/mol. The summed E-state index contributed by atoms with van der Waals surface area (Å²) in [4.78, 5) is 38.3. The van der Waals surface area contributed by atoms with E-state index in [1.54, 1.807) is 0 Å². The second kappa shape index (κ2) is 7.03. The van der Waals surface area contributed by atoms with Gasteiger partial charge in [-0.15, -0.1) is 0 Å². The van der Waals surface area contributed by atoms with Gasteiger partial charge in [-0.05, 0) is 18.4 Å². The number of rotatable bonds is 5. The van der Waals surface area contributed by atoms with Crippen LogP contribution in [0, 0.1) is 0 Å². The Morgan fingerprint density at radius 2 is 1.88 bits per heavy atom. The normalized spacial score (nSPS) is 27.1. The van der Waals surface area contributed by atoms with Crippen LogP contribution in [0.3, 0.4) is 0 Å². The molecule has 0 unspecified atom stereocenters. The number of hydrogen-bond acceptors (Lipinski definition) is 3. The van der Waals surface area contributed by atoms with Gasteiger partial charge in [0.1, 0.15) is 6.04 Å². The summed E-state index contributed by atoms with van der Waals surface area (Å²) in [5.41, 5.74) is 0.910. The highest BCUT2D eigenvalue weighted by atomic mass is 16.2. The van der Waals surface area contributed by atoms with Crippen molar-refractivity contribution in [3.05, 3.63) is 35.9 Å². The van der Waals surface area contributed by atoms with E-state index in [1.807, 2.05) is 30.3 Å². The van der Waals surface area contributed by atoms with E-state index in [0.29, 0.717) is 19.3 Å². The quantitative estimate of drug-likeness (QED) is 0.812. The molecule has 0 saturated carbocycles. The monoisotopic (exact) mass is 329 g/mol. The molecule has 0 bridgehead atoms. The molecule has 2 heterocycles. The third-order valence-electron chi connectivity index (χ3n) is 4.76. The predicted octanol–water partition coefficient (Wildman–Crippen LogP) is 2.12. The summed E-state index contributed by atoms with van der Waals surface area (Å²) < 4.78 is 0. The van der Waals surface area contributed by atoms with Gasteiger partial charge in [0.25, 0.3) is 5.91 Å². The van der Waals surface area contributed by atoms with E-state index in [0.717, 1.165) is 18.4 Å². The van der Waals surface area contributed by atoms with Crippen molar-refractivity contribution in [2.24, 2.45) is 0 Å². The lowest BCUT2D eigenvalue weighted by Crippen LogP contribution is -2.52. The molecule has 3 atom stereocenters. The van der Waals surface area contributed by atoms with Gasteiger partial charge in [0.05, 0.1) is 12.1 Å². The number of unbranched alkanes of at least 4 members (excludes halogenated alkanes) is 1. The zero-order chi connectivity index (χ0) is 17.1. The van der Waals surface area contributed by atoms with Crippen LogP contribution in [0.15, 0.2) is 30.3 Å². The summed E-state index contributed by atoms with van der Waals surface area (Å²) in [6.07, 6.45) is 3.35. The van der Waals surface area contributed by atoms with Gasteiger partial charge in [0, 0.05) is 6.42 Å². The number of benzene rings is 1. The zero-order valence-corrected chi connectivity index (χ0v) is 13.8. The van der Waals surface area contributed by atoms with E-state index in [4.69, 9.17) is 0 Å². The van der Waals surface area contributed by atoms with Crippen molar-refractivity contribution in [2.45, 2.75) is 57.2 Å². The van der Waals surface area contributed by atoms with Crippen LogP contribution in [-0.2, 0) is 9.59 Å². The number of hydrogen-bond donors (Lipinski definition) is 2. The van der Waals surface area contributed by atoms with Crippen LogP contribution >= 0.6 is 0 Å². The Morgan fingerprint density at radius 3 is 2.58 bits per heavy atom. The first-order valence-electron chi connectivity index (χ1n) is 8.59. The standard InChI is InChI=1S/C18H23N3O3/c1-2-3-9-13-17(23)21(18(24)19-13)14-10-11-15(22)20-16(14)12-7-5-4-6-8-12/h4-8,13-14,16H,2-3,9-11H2,1H3,(H,19,24)(H,20,22)/t13-,14+,16-/m0/s1. The highest BCUT2D eigenvalue weighted by molar-refractivity contribution is 6.04. The fourth-order valence-corrected chi connectivity index (χ4v) is 3.50. The molecule has 0 aliphatic carbocycles. The van der Waals surface area contributed by atoms with Crippen molar-refractivity contribution >= 4 is 17.8 Å². The molecule has 2 aliphatic rings. The Hall–Kier alpha value is -2.37. The zero-order valence-electron chi connectivity index (χ0n) is 13.8. The lowest BCUT2D eigenvalue weighted by molar-refractivity contribution is -0.133. The first kappa shape index (κ1) is 16.5. The van der Waals surface area contributed by atoms with Gasteiger partial charge in [-0.3, -0.25) is 14.5 Å². The van der Waals surface area contributed by atoms with Gasteiger partial charge in [0.15, 0.2) is 0 Å². The Kier molecular flexibility index (Phi) is 4.83. The Bertz CT molecular complexity index is 632. The lowest BCUT2D eigenvalue weighted by Gasteiger charge is -2.36. The number of nitrogens with one attached hydrogen (secondary N) is 2. The van der Waals surface area contributed by atoms with Gasteiger partial charge in [-0.1, -0.05) is 50.1 Å². The average Bonchev–Trinajstić information content (AvgIpc) is 2.88. The van der Waals surface area contributed by atoms with E-state index in [1.165, 1.54) is 4.90 Å². The molecule has 0 spiro atoms. The van der Waals surface area contributed by atoms with Gasteiger partial charge in [-0.2, -0.15) is 0 Å². The van der Waals surface area contributed by atoms with Crippen molar-refractivity contribution in [1.82, 2.24) is 15.5 Å². The summed E-state index contributed by atoms with van der Waals surface area (Å²) in [7, 11) is 0. The highest BCUT2D eigenvalue weighted by Crippen LogP contribution is 2.31. The van der Waals surface area contributed by atoms with Crippen molar-refractivity contribution in [3.8, 4) is 0 Å². The SMILES string of the molecule is CCCC[C@@H]1NC(=O)N([C@@H]2CCC(=O)N[C@H]2c2ccccc2)C1=O. The van der Waals surface area contributed by atoms with Gasteiger partial charge in [-0.25, -0.2) is 4.79 Å². The number of carbonyl (C=O) groups is 3. The summed E-state index contributed by atoms with van der Waals surface area (Å²) >= 11 is 0. The minimum absolute atomic E-state index is 0.0466. The number of urea groups is 1. The molecule has 1 aromatic rings. The number of carbonyl (C=O) groups excluding carboxylic acids is 3. The van der Waals surface area contributed by atoms with E-state index >= 15 is 0 Å². The van der Waals surface area contributed by atoms with Crippen LogP contribution in [0.1, 0.15) is 50.6 Å². The van der Waals surface area contributed by atoms with Crippen molar-refractivity contribution in [3.63, 3.8) is 0 Å². The molecule has 2 fully saturated rings. The fraction of sp³-hybridized carbons (Fsp3) is 0.500. The number of amides is 4. The maximum atomic E-state index is 12.7. The topological polar surface area (TPSA) is 78.5 Å². The third kappa shape index (κ3) is 3.13. The minimum atomic E-state index is -0.438. The third-order valence-corrected chi connectivity index (χ3v) is 4.76. The van der Waals surface area contributed by atoms with E-state index in [9.17, 15) is 14.4 Å². The van der Waals surface area contributed by atoms with Gasteiger partial charge >= 0.3 is 6.03 Å². The first-order valence-corrected chi connectivity index (χ1v) is 8.59. The molecule has 1 aromatic carbocycles. The minimum Gasteiger partial charge on any atom is -0.347 e. The fourth-order valence-electron chi connectivity index (χ4n) is 3.50. The lowest BCUT2D eigenvalue weighted by atomic mass is 9.90. The maximum absolute atomic E-state index is 12.7. The largest absolute Gasteiger partial charge is 0.347 e. The highest BCUT2D eigenvalue weighted by Gasteiger charge is 2.46. The van der Waals surface area contributed by atoms with Crippen molar-refractivity contribution in [2.75, 3.05) is 0 Å². The molecule has 0 radical (unpaired) electrons. The molecule has 3 rings (SSSR count). The summed E-state index contributed by atoms with van der Waals surface area (Å²) in [6, 6.07) is 8.03. The Balaban J connectivity index is 1.84. The van der Waals surface area contributed by atoms with Crippen LogP contribution in [0.2, 0.25) is 0 Å². The van der Waals surface area contributed by atoms with Gasteiger partial charge in [0.2, 0.25) is 5.91 Å². The smallest absolute Gasteiger partial charge is 0.325 e. The second-order valence-electron chi connectivity index (χ2n) is 6.41. The molecular formula is C18H23N3O3. The van der Waals surface area contributed by atoms with Crippen molar-refractivity contribution < 1.29 is 14.4 Å². The molecule has 2 N–H and O–H groups in total. The number of imide groups is 1. The van der Waals surface area contributed by atoms with Crippen LogP contribution in [-0.4, -0.2) is 34.8 Å². The molecule has 2 aliphatic heterocycles. The molecule has 24 heavy (non-hydrogen) atoms. The average molecular weight is 329 g/mol. The Labute approximate surface area is 141 Å². The molecule has 6 heteroatoms. The van der Waals surface area contributed by atoms with Crippen molar-refractivity contribution in [1.29, 1.82) is 0 Å². The first-order chi connectivity index (χ1) is 11.6. The predicted molar refractivity (Wildman–Crippen MR) is 89.0 cm³/mol. The van der Waals surface area contributed by atoms with E-state index in [-0.39, 0.29) is 29.9 Å². The summed E-state index contributed by atoms with van der Waals surface area (Å²) in [5, 5.41) is 5.74.